The molecule has 0 heterocycles. The van der Waals surface area contributed by atoms with Crippen molar-refractivity contribution in [3.05, 3.63) is 82.3 Å². The Morgan fingerprint density at radius 2 is 1.62 bits per heavy atom. The van der Waals surface area contributed by atoms with Crippen molar-refractivity contribution in [1.29, 1.82) is 0 Å². The van der Waals surface area contributed by atoms with Crippen LogP contribution < -0.4 is 5.32 Å². The number of nitrogens with one attached hydrogen (secondary N) is 1. The van der Waals surface area contributed by atoms with Crippen molar-refractivity contribution >= 4 is 5.78 Å². The molecule has 0 unspecified atom stereocenters. The van der Waals surface area contributed by atoms with Gasteiger partial charge in [0.1, 0.15) is 6.10 Å². The molecule has 1 aliphatic carbocycles. The van der Waals surface area contributed by atoms with Crippen LogP contribution in [0, 0.1) is 11.8 Å². The van der Waals surface area contributed by atoms with Crippen LogP contribution in [-0.4, -0.2) is 24.1 Å². The molecule has 0 amide bonds. The second kappa shape index (κ2) is 14.0. The number of benzene rings is 1. The summed E-state index contributed by atoms with van der Waals surface area (Å²) in [6.45, 7) is 11.0. The molecule has 34 heavy (non-hydrogen) atoms. The molecule has 186 valence electrons. The molecule has 0 saturated heterocycles. The molecule has 0 fully saturated rings. The Balaban J connectivity index is 2.00. The molecule has 4 nitrogen and oxygen atoms in total. The minimum atomic E-state index is -0.771. The fourth-order valence-corrected chi connectivity index (χ4v) is 4.35. The smallest absolute Gasteiger partial charge is 0.202 e. The van der Waals surface area contributed by atoms with Crippen LogP contribution in [0.2, 0.25) is 0 Å². The number of ether oxygens (including phenoxy) is 1. The number of carbonyl (C=O) groups is 1. The van der Waals surface area contributed by atoms with E-state index in [2.05, 4.69) is 51.2 Å². The topological polar surface area (TPSA) is 58.6 Å². The van der Waals surface area contributed by atoms with E-state index in [1.165, 1.54) is 23.8 Å². The van der Waals surface area contributed by atoms with Gasteiger partial charge < -0.3 is 15.2 Å². The van der Waals surface area contributed by atoms with Gasteiger partial charge in [-0.1, -0.05) is 72.2 Å². The lowest BCUT2D eigenvalue weighted by atomic mass is 9.76. The highest BCUT2D eigenvalue weighted by Crippen LogP contribution is 2.34. The van der Waals surface area contributed by atoms with Crippen LogP contribution >= 0.6 is 0 Å². The Kier molecular flexibility index (Phi) is 11.4. The van der Waals surface area contributed by atoms with Gasteiger partial charge in [0.15, 0.2) is 5.76 Å². The van der Waals surface area contributed by atoms with Gasteiger partial charge in [0, 0.05) is 18.4 Å². The van der Waals surface area contributed by atoms with Gasteiger partial charge in [-0.15, -0.1) is 0 Å². The number of Topliss-reactive ketones (excluding diaryl/α,β-unsaturated/α-hetero) is 1. The van der Waals surface area contributed by atoms with Gasteiger partial charge in [-0.3, -0.25) is 4.79 Å². The highest BCUT2D eigenvalue weighted by atomic mass is 16.5. The Morgan fingerprint density at radius 1 is 1.00 bits per heavy atom. The monoisotopic (exact) mass is 465 g/mol. The number of ketones is 1. The van der Waals surface area contributed by atoms with Gasteiger partial charge in [-0.25, -0.2) is 0 Å². The minimum Gasteiger partial charge on any atom is -0.491 e. The van der Waals surface area contributed by atoms with Crippen LogP contribution in [0.25, 0.3) is 0 Å². The summed E-state index contributed by atoms with van der Waals surface area (Å²) < 4.78 is 5.42. The lowest BCUT2D eigenvalue weighted by Gasteiger charge is -2.35. The summed E-state index contributed by atoms with van der Waals surface area (Å²) in [7, 11) is 1.50. The number of aliphatic hydroxyl groups excluding tert-OH is 1. The van der Waals surface area contributed by atoms with Crippen molar-refractivity contribution in [3.8, 4) is 0 Å². The Bertz CT molecular complexity index is 920. The van der Waals surface area contributed by atoms with Crippen molar-refractivity contribution in [3.63, 3.8) is 0 Å². The summed E-state index contributed by atoms with van der Waals surface area (Å²) in [4.78, 5) is 13.0. The van der Waals surface area contributed by atoms with E-state index < -0.39 is 6.10 Å². The van der Waals surface area contributed by atoms with E-state index in [0.29, 0.717) is 18.7 Å². The van der Waals surface area contributed by atoms with Crippen molar-refractivity contribution in [2.24, 2.45) is 11.8 Å². The fraction of sp³-hybridized carbons (Fsp3) is 0.500. The number of allylic oxidation sites excluding steroid dienone is 7. The number of aliphatic hydroxyl groups is 1. The molecule has 2 rings (SSSR count). The quantitative estimate of drug-likeness (QED) is 0.340. The molecule has 2 N–H and O–H groups in total. The Labute approximate surface area is 206 Å². The van der Waals surface area contributed by atoms with Crippen LogP contribution in [0.5, 0.6) is 0 Å². The van der Waals surface area contributed by atoms with Crippen LogP contribution in [0.4, 0.5) is 0 Å². The number of rotatable bonds is 12. The molecule has 0 aromatic heterocycles. The molecule has 0 aliphatic heterocycles. The summed E-state index contributed by atoms with van der Waals surface area (Å²) >= 11 is 0. The van der Waals surface area contributed by atoms with Crippen molar-refractivity contribution < 1.29 is 14.6 Å². The van der Waals surface area contributed by atoms with Crippen molar-refractivity contribution in [2.45, 2.75) is 79.4 Å². The van der Waals surface area contributed by atoms with E-state index in [1.807, 2.05) is 37.3 Å². The molecule has 4 heteroatoms. The zero-order valence-electron chi connectivity index (χ0n) is 21.9. The predicted octanol–water partition coefficient (Wildman–Crippen LogP) is 6.64. The van der Waals surface area contributed by atoms with Crippen molar-refractivity contribution in [1.82, 2.24) is 5.32 Å². The first-order valence-electron chi connectivity index (χ1n) is 12.5. The normalized spacial score (nSPS) is 21.5. The highest BCUT2D eigenvalue weighted by Gasteiger charge is 2.41. The maximum Gasteiger partial charge on any atom is 0.202 e. The van der Waals surface area contributed by atoms with Gasteiger partial charge in [-0.05, 0) is 65.4 Å². The van der Waals surface area contributed by atoms with Crippen LogP contribution in [-0.2, 0) is 16.1 Å². The first-order chi connectivity index (χ1) is 16.2. The van der Waals surface area contributed by atoms with Gasteiger partial charge in [0.25, 0.3) is 0 Å². The molecule has 1 aromatic carbocycles. The predicted molar refractivity (Wildman–Crippen MR) is 141 cm³/mol. The Hall–Kier alpha value is -2.59. The second-order valence-corrected chi connectivity index (χ2v) is 9.74. The van der Waals surface area contributed by atoms with E-state index in [4.69, 9.17) is 4.74 Å². The standard InChI is InChI=1S/C30H43NO3/c1-21(2)12-10-13-22(3)14-11-15-23(4)18-19-26-24(5)28(32)30(34-6)27(29(26)33)31-20-25-16-8-7-9-17-25/h7-9,12,14,16-18,24,26,29,31,33H,10-11,13,15,19-20H2,1-6H3/b22-14+,23-18+/t24-,26-,29-/m0/s1. The summed E-state index contributed by atoms with van der Waals surface area (Å²) in [6.07, 6.45) is 10.9. The van der Waals surface area contributed by atoms with E-state index in [0.717, 1.165) is 31.2 Å². The van der Waals surface area contributed by atoms with Gasteiger partial charge in [0.05, 0.1) is 12.8 Å². The molecule has 0 spiro atoms. The molecule has 0 radical (unpaired) electrons. The lowest BCUT2D eigenvalue weighted by Crippen LogP contribution is -2.43. The minimum absolute atomic E-state index is 0.0469. The summed E-state index contributed by atoms with van der Waals surface area (Å²) in [5.41, 5.74) is 5.68. The molecular formula is C30H43NO3. The molecule has 3 atom stereocenters. The Morgan fingerprint density at radius 3 is 2.24 bits per heavy atom. The maximum atomic E-state index is 13.0. The first-order valence-corrected chi connectivity index (χ1v) is 12.5. The molecule has 0 saturated carbocycles. The average Bonchev–Trinajstić information content (AvgIpc) is 2.81. The molecular weight excluding hydrogens is 422 g/mol. The first kappa shape index (κ1) is 27.7. The van der Waals surface area contributed by atoms with Crippen LogP contribution in [0.3, 0.4) is 0 Å². The SMILES string of the molecule is COC1=C(NCc2ccccc2)[C@@H](O)[C@@H](C/C=C(\C)CC/C=C(\C)CCC=C(C)C)[C@H](C)C1=O. The molecule has 1 aliphatic rings. The number of methoxy groups -OCH3 is 1. The van der Waals surface area contributed by atoms with E-state index in [9.17, 15) is 9.90 Å². The third-order valence-electron chi connectivity index (χ3n) is 6.62. The largest absolute Gasteiger partial charge is 0.491 e. The second-order valence-electron chi connectivity index (χ2n) is 9.74. The van der Waals surface area contributed by atoms with Gasteiger partial charge in [-0.2, -0.15) is 0 Å². The van der Waals surface area contributed by atoms with Gasteiger partial charge >= 0.3 is 0 Å². The summed E-state index contributed by atoms with van der Waals surface area (Å²) in [5.74, 6) is -0.273. The van der Waals surface area contributed by atoms with Crippen LogP contribution in [0.15, 0.2) is 76.7 Å². The average molecular weight is 466 g/mol. The van der Waals surface area contributed by atoms with E-state index in [1.54, 1.807) is 0 Å². The van der Waals surface area contributed by atoms with Gasteiger partial charge in [0.2, 0.25) is 5.78 Å². The lowest BCUT2D eigenvalue weighted by molar-refractivity contribution is -0.126. The fourth-order valence-electron chi connectivity index (χ4n) is 4.35. The highest BCUT2D eigenvalue weighted by molar-refractivity contribution is 5.97. The third kappa shape index (κ3) is 8.32. The van der Waals surface area contributed by atoms with E-state index >= 15 is 0 Å². The number of carbonyl (C=O) groups excluding carboxylic acids is 1. The zero-order chi connectivity index (χ0) is 25.1. The zero-order valence-corrected chi connectivity index (χ0v) is 21.9. The molecule has 1 aromatic rings. The van der Waals surface area contributed by atoms with Crippen molar-refractivity contribution in [2.75, 3.05) is 7.11 Å². The molecule has 0 bridgehead atoms. The van der Waals surface area contributed by atoms with E-state index in [-0.39, 0.29) is 23.4 Å². The number of hydrogen-bond acceptors (Lipinski definition) is 4. The third-order valence-corrected chi connectivity index (χ3v) is 6.62. The summed E-state index contributed by atoms with van der Waals surface area (Å²) in [5, 5.41) is 14.5. The van der Waals surface area contributed by atoms with Crippen LogP contribution in [0.1, 0.15) is 72.3 Å². The maximum absolute atomic E-state index is 13.0. The summed E-state index contributed by atoms with van der Waals surface area (Å²) in [6, 6.07) is 9.95. The number of hydrogen-bond donors (Lipinski definition) is 2.